The molecule has 2 aromatic rings. The molecule has 0 aliphatic carbocycles. The van der Waals surface area contributed by atoms with Crippen molar-refractivity contribution < 1.29 is 13.9 Å². The maximum Gasteiger partial charge on any atom is 0.262 e. The van der Waals surface area contributed by atoms with E-state index in [1.165, 1.54) is 6.07 Å². The number of anilines is 2. The molecule has 3 aliphatic rings. The SMILES string of the molecule is C[C@@H]1C(=O)NN=C2COc3cc(-c4ccccc4F)c(N4CCN[C@@H](C)C4)cc3N21. The quantitative estimate of drug-likeness (QED) is 0.797. The van der Waals surface area contributed by atoms with Crippen molar-refractivity contribution >= 4 is 23.1 Å². The highest BCUT2D eigenvalue weighted by atomic mass is 19.1. The van der Waals surface area contributed by atoms with Gasteiger partial charge in [0, 0.05) is 42.5 Å². The average molecular weight is 409 g/mol. The molecule has 0 bridgehead atoms. The zero-order valence-electron chi connectivity index (χ0n) is 17.0. The number of nitrogens with zero attached hydrogens (tertiary/aromatic N) is 3. The molecule has 5 rings (SSSR count). The van der Waals surface area contributed by atoms with Crippen LogP contribution in [0.3, 0.4) is 0 Å². The van der Waals surface area contributed by atoms with E-state index in [2.05, 4.69) is 27.7 Å². The van der Waals surface area contributed by atoms with Crippen molar-refractivity contribution in [3.63, 3.8) is 0 Å². The lowest BCUT2D eigenvalue weighted by molar-refractivity contribution is -0.122. The van der Waals surface area contributed by atoms with Crippen LogP contribution in [0.25, 0.3) is 11.1 Å². The van der Waals surface area contributed by atoms with Gasteiger partial charge in [-0.05, 0) is 32.0 Å². The van der Waals surface area contributed by atoms with Crippen LogP contribution in [0.1, 0.15) is 13.8 Å². The maximum absolute atomic E-state index is 14.8. The molecule has 0 saturated carbocycles. The normalized spacial score (nSPS) is 23.2. The van der Waals surface area contributed by atoms with Crippen LogP contribution < -0.4 is 25.3 Å². The van der Waals surface area contributed by atoms with Crippen LogP contribution in [-0.4, -0.2) is 50.1 Å². The van der Waals surface area contributed by atoms with Gasteiger partial charge in [0.1, 0.15) is 24.2 Å². The van der Waals surface area contributed by atoms with Gasteiger partial charge >= 0.3 is 0 Å². The molecule has 0 radical (unpaired) electrons. The first-order chi connectivity index (χ1) is 14.5. The summed E-state index contributed by atoms with van der Waals surface area (Å²) < 4.78 is 20.7. The summed E-state index contributed by atoms with van der Waals surface area (Å²) in [5.41, 5.74) is 5.58. The first-order valence-corrected chi connectivity index (χ1v) is 10.2. The van der Waals surface area contributed by atoms with E-state index < -0.39 is 6.04 Å². The van der Waals surface area contributed by atoms with Crippen molar-refractivity contribution in [2.75, 3.05) is 36.0 Å². The van der Waals surface area contributed by atoms with E-state index in [9.17, 15) is 9.18 Å². The molecule has 2 aromatic carbocycles. The third kappa shape index (κ3) is 3.08. The largest absolute Gasteiger partial charge is 0.483 e. The van der Waals surface area contributed by atoms with E-state index >= 15 is 0 Å². The lowest BCUT2D eigenvalue weighted by Gasteiger charge is -2.40. The zero-order chi connectivity index (χ0) is 20.8. The fourth-order valence-electron chi connectivity index (χ4n) is 4.37. The van der Waals surface area contributed by atoms with Gasteiger partial charge in [-0.15, -0.1) is 0 Å². The summed E-state index contributed by atoms with van der Waals surface area (Å²) in [5.74, 6) is 0.848. The summed E-state index contributed by atoms with van der Waals surface area (Å²) in [4.78, 5) is 16.4. The van der Waals surface area contributed by atoms with Crippen LogP contribution in [0.5, 0.6) is 5.75 Å². The van der Waals surface area contributed by atoms with E-state index in [0.717, 1.165) is 36.6 Å². The molecule has 1 amide bonds. The Balaban J connectivity index is 1.69. The van der Waals surface area contributed by atoms with Crippen LogP contribution in [0, 0.1) is 5.82 Å². The Hall–Kier alpha value is -3.13. The number of amides is 1. The van der Waals surface area contributed by atoms with Crippen molar-refractivity contribution in [3.8, 4) is 16.9 Å². The molecule has 0 spiro atoms. The Kier molecular flexibility index (Phi) is 4.58. The summed E-state index contributed by atoms with van der Waals surface area (Å²) in [5, 5.41) is 7.62. The molecule has 2 N–H and O–H groups in total. The maximum atomic E-state index is 14.8. The van der Waals surface area contributed by atoms with E-state index in [4.69, 9.17) is 4.74 Å². The molecule has 8 heteroatoms. The minimum Gasteiger partial charge on any atom is -0.483 e. The fourth-order valence-corrected chi connectivity index (χ4v) is 4.37. The molecular weight excluding hydrogens is 385 g/mol. The number of hydrogen-bond acceptors (Lipinski definition) is 6. The lowest BCUT2D eigenvalue weighted by Crippen LogP contribution is -2.55. The first kappa shape index (κ1) is 18.9. The Bertz CT molecular complexity index is 1040. The lowest BCUT2D eigenvalue weighted by atomic mass is 9.98. The van der Waals surface area contributed by atoms with Crippen LogP contribution in [0.15, 0.2) is 41.5 Å². The number of carbonyl (C=O) groups excluding carboxylic acids is 1. The number of nitrogens with one attached hydrogen (secondary N) is 2. The van der Waals surface area contributed by atoms with Crippen LogP contribution in [0.4, 0.5) is 15.8 Å². The minimum atomic E-state index is -0.408. The number of piperazine rings is 1. The van der Waals surface area contributed by atoms with Gasteiger partial charge in [0.25, 0.3) is 5.91 Å². The minimum absolute atomic E-state index is 0.165. The topological polar surface area (TPSA) is 69.2 Å². The number of amidine groups is 1. The number of fused-ring (bicyclic) bond motifs is 3. The van der Waals surface area contributed by atoms with Gasteiger partial charge in [0.2, 0.25) is 0 Å². The van der Waals surface area contributed by atoms with Crippen LogP contribution in [-0.2, 0) is 4.79 Å². The fraction of sp³-hybridized carbons (Fsp3) is 0.364. The Morgan fingerprint density at radius 3 is 2.80 bits per heavy atom. The van der Waals surface area contributed by atoms with Crippen LogP contribution >= 0.6 is 0 Å². The van der Waals surface area contributed by atoms with E-state index in [1.54, 1.807) is 12.1 Å². The van der Waals surface area contributed by atoms with Crippen molar-refractivity contribution in [3.05, 3.63) is 42.2 Å². The number of ether oxygens (including phenoxy) is 1. The van der Waals surface area contributed by atoms with Gasteiger partial charge < -0.3 is 19.9 Å². The van der Waals surface area contributed by atoms with Crippen molar-refractivity contribution in [1.82, 2.24) is 10.7 Å². The molecule has 156 valence electrons. The molecule has 3 heterocycles. The molecule has 30 heavy (non-hydrogen) atoms. The summed E-state index contributed by atoms with van der Waals surface area (Å²) in [6.45, 7) is 6.69. The van der Waals surface area contributed by atoms with Gasteiger partial charge in [0.05, 0.1) is 5.69 Å². The van der Waals surface area contributed by atoms with Gasteiger partial charge in [-0.1, -0.05) is 18.2 Å². The molecule has 0 aromatic heterocycles. The average Bonchev–Trinajstić information content (AvgIpc) is 2.75. The van der Waals surface area contributed by atoms with Gasteiger partial charge in [-0.2, -0.15) is 5.10 Å². The number of benzene rings is 2. The number of hydrazone groups is 1. The second-order valence-electron chi connectivity index (χ2n) is 7.96. The number of rotatable bonds is 2. The third-order valence-corrected chi connectivity index (χ3v) is 5.91. The van der Waals surface area contributed by atoms with E-state index in [0.29, 0.717) is 23.2 Å². The molecule has 2 atom stereocenters. The number of halogens is 1. The smallest absolute Gasteiger partial charge is 0.262 e. The second kappa shape index (κ2) is 7.28. The molecule has 1 saturated heterocycles. The Morgan fingerprint density at radius 1 is 1.17 bits per heavy atom. The molecular formula is C22H24FN5O2. The molecule has 1 fully saturated rings. The second-order valence-corrected chi connectivity index (χ2v) is 7.96. The first-order valence-electron chi connectivity index (χ1n) is 10.2. The van der Waals surface area contributed by atoms with E-state index in [1.807, 2.05) is 30.0 Å². The standard InChI is InChI=1S/C22H24FN5O2/c1-13-11-27(8-7-24-13)18-10-19-20(9-16(18)15-5-3-4-6-17(15)23)30-12-21-25-26-22(29)14(2)28(19)21/h3-6,9-10,13-14,24H,7-8,11-12H2,1-2H3,(H,26,29)/t13-,14+/m0/s1. The summed E-state index contributed by atoms with van der Waals surface area (Å²) >= 11 is 0. The highest BCUT2D eigenvalue weighted by Gasteiger charge is 2.36. The Labute approximate surface area is 174 Å². The zero-order valence-corrected chi connectivity index (χ0v) is 17.0. The molecule has 0 unspecified atom stereocenters. The summed E-state index contributed by atoms with van der Waals surface area (Å²) in [6, 6.07) is 10.6. The van der Waals surface area contributed by atoms with Crippen molar-refractivity contribution in [1.29, 1.82) is 0 Å². The Morgan fingerprint density at radius 2 is 2.00 bits per heavy atom. The molecule has 7 nitrogen and oxygen atoms in total. The monoisotopic (exact) mass is 409 g/mol. The van der Waals surface area contributed by atoms with Gasteiger partial charge in [-0.3, -0.25) is 4.79 Å². The van der Waals surface area contributed by atoms with Crippen molar-refractivity contribution in [2.45, 2.75) is 25.9 Å². The highest BCUT2D eigenvalue weighted by molar-refractivity contribution is 6.10. The van der Waals surface area contributed by atoms with Gasteiger partial charge in [0.15, 0.2) is 5.84 Å². The molecule has 3 aliphatic heterocycles. The third-order valence-electron chi connectivity index (χ3n) is 5.91. The van der Waals surface area contributed by atoms with Crippen LogP contribution in [0.2, 0.25) is 0 Å². The summed E-state index contributed by atoms with van der Waals surface area (Å²) in [7, 11) is 0. The van der Waals surface area contributed by atoms with Crippen molar-refractivity contribution in [2.24, 2.45) is 5.10 Å². The predicted octanol–water partition coefficient (Wildman–Crippen LogP) is 2.32. The van der Waals surface area contributed by atoms with Gasteiger partial charge in [-0.25, -0.2) is 9.82 Å². The summed E-state index contributed by atoms with van der Waals surface area (Å²) in [6.07, 6.45) is 0. The van der Waals surface area contributed by atoms with E-state index in [-0.39, 0.29) is 18.3 Å². The number of carbonyl (C=O) groups is 1. The highest BCUT2D eigenvalue weighted by Crippen LogP contribution is 2.44. The number of hydrogen-bond donors (Lipinski definition) is 2. The predicted molar refractivity (Wildman–Crippen MR) is 115 cm³/mol.